The molecule has 0 amide bonds. The van der Waals surface area contributed by atoms with E-state index < -0.39 is 11.6 Å². The molecular formula is C26H32F2N4O. The first kappa shape index (κ1) is 21.3. The first-order chi connectivity index (χ1) is 15.9. The molecule has 4 aliphatic heterocycles. The van der Waals surface area contributed by atoms with Crippen molar-refractivity contribution in [3.8, 4) is 6.01 Å². The number of hydrogen-bond acceptors (Lipinski definition) is 5. The van der Waals surface area contributed by atoms with Crippen molar-refractivity contribution in [1.29, 1.82) is 0 Å². The molecule has 3 unspecified atom stereocenters. The van der Waals surface area contributed by atoms with Gasteiger partial charge in [-0.3, -0.25) is 4.90 Å². The predicted octanol–water partition coefficient (Wildman–Crippen LogP) is 5.18. The van der Waals surface area contributed by atoms with Gasteiger partial charge in [0.1, 0.15) is 23.8 Å². The number of anilines is 1. The lowest BCUT2D eigenvalue weighted by Gasteiger charge is -2.43. The first-order valence-electron chi connectivity index (χ1n) is 12.4. The van der Waals surface area contributed by atoms with Crippen LogP contribution in [-0.4, -0.2) is 52.7 Å². The Balaban J connectivity index is 1.47. The van der Waals surface area contributed by atoms with Crippen molar-refractivity contribution in [3.05, 3.63) is 29.8 Å². The van der Waals surface area contributed by atoms with Gasteiger partial charge in [0, 0.05) is 24.2 Å². The highest BCUT2D eigenvalue weighted by Gasteiger charge is 2.45. The number of piperidine rings is 1. The van der Waals surface area contributed by atoms with Gasteiger partial charge in [0.15, 0.2) is 5.82 Å². The van der Waals surface area contributed by atoms with Crippen LogP contribution in [-0.2, 0) is 0 Å². The Bertz CT molecular complexity index is 1130. The third kappa shape index (κ3) is 3.26. The maximum Gasteiger partial charge on any atom is 0.319 e. The van der Waals surface area contributed by atoms with E-state index in [0.29, 0.717) is 47.2 Å². The molecule has 5 nitrogen and oxygen atoms in total. The monoisotopic (exact) mass is 454 g/mol. The smallest absolute Gasteiger partial charge is 0.319 e. The topological polar surface area (TPSA) is 41.5 Å². The molecule has 3 saturated heterocycles. The summed E-state index contributed by atoms with van der Waals surface area (Å²) in [6.07, 6.45) is 6.31. The summed E-state index contributed by atoms with van der Waals surface area (Å²) in [5.74, 6) is 0.189. The molecule has 3 atom stereocenters. The fraction of sp³-hybridized carbons (Fsp3) is 0.615. The number of rotatable bonds is 3. The van der Waals surface area contributed by atoms with E-state index in [-0.39, 0.29) is 23.1 Å². The van der Waals surface area contributed by atoms with Gasteiger partial charge in [0.05, 0.1) is 10.9 Å². The summed E-state index contributed by atoms with van der Waals surface area (Å²) in [4.78, 5) is 14.1. The summed E-state index contributed by atoms with van der Waals surface area (Å²) in [6.45, 7) is 12.2. The van der Waals surface area contributed by atoms with E-state index in [4.69, 9.17) is 9.72 Å². The Morgan fingerprint density at radius 3 is 2.67 bits per heavy atom. The van der Waals surface area contributed by atoms with Crippen LogP contribution in [0.25, 0.3) is 16.5 Å². The number of ether oxygens (including phenoxy) is 1. The lowest BCUT2D eigenvalue weighted by atomic mass is 9.82. The van der Waals surface area contributed by atoms with Crippen molar-refractivity contribution in [1.82, 2.24) is 14.9 Å². The fourth-order valence-corrected chi connectivity index (χ4v) is 7.04. The van der Waals surface area contributed by atoms with Crippen LogP contribution in [0.2, 0.25) is 0 Å². The lowest BCUT2D eigenvalue weighted by Crippen LogP contribution is -2.47. The Kier molecular flexibility index (Phi) is 4.91. The molecular weight excluding hydrogens is 422 g/mol. The Morgan fingerprint density at radius 1 is 1.15 bits per heavy atom. The van der Waals surface area contributed by atoms with E-state index >= 15 is 8.78 Å². The summed E-state index contributed by atoms with van der Waals surface area (Å²) in [5.41, 5.74) is 1.23. The van der Waals surface area contributed by atoms with Crippen molar-refractivity contribution in [2.24, 2.45) is 11.8 Å². The van der Waals surface area contributed by atoms with Gasteiger partial charge < -0.3 is 9.64 Å². The van der Waals surface area contributed by atoms with E-state index in [1.807, 2.05) is 0 Å². The molecule has 5 heterocycles. The summed E-state index contributed by atoms with van der Waals surface area (Å²) in [7, 11) is 0. The van der Waals surface area contributed by atoms with E-state index in [1.54, 1.807) is 0 Å². The van der Waals surface area contributed by atoms with Crippen LogP contribution in [0, 0.1) is 23.5 Å². The van der Waals surface area contributed by atoms with Crippen molar-refractivity contribution in [2.45, 2.75) is 64.0 Å². The van der Waals surface area contributed by atoms with Crippen molar-refractivity contribution < 1.29 is 13.5 Å². The Labute approximate surface area is 193 Å². The maximum absolute atomic E-state index is 15.1. The highest BCUT2D eigenvalue weighted by atomic mass is 19.1. The van der Waals surface area contributed by atoms with Gasteiger partial charge in [-0.2, -0.15) is 9.97 Å². The van der Waals surface area contributed by atoms with E-state index in [9.17, 15) is 0 Å². The lowest BCUT2D eigenvalue weighted by molar-refractivity contribution is 0.107. The molecule has 0 spiro atoms. The molecule has 4 aliphatic rings. The van der Waals surface area contributed by atoms with E-state index in [0.717, 1.165) is 45.0 Å². The second-order valence-corrected chi connectivity index (χ2v) is 10.8. The molecule has 6 rings (SSSR count). The number of fused-ring (bicyclic) bond motifs is 3. The normalized spacial score (nSPS) is 28.7. The Hall–Kier alpha value is -2.28. The van der Waals surface area contributed by atoms with Gasteiger partial charge >= 0.3 is 6.01 Å². The molecule has 176 valence electrons. The Morgan fingerprint density at radius 2 is 1.91 bits per heavy atom. The largest absolute Gasteiger partial charge is 0.461 e. The van der Waals surface area contributed by atoms with Crippen LogP contribution >= 0.6 is 0 Å². The predicted molar refractivity (Wildman–Crippen MR) is 125 cm³/mol. The summed E-state index contributed by atoms with van der Waals surface area (Å²) >= 11 is 0. The minimum absolute atomic E-state index is 0.0455. The second kappa shape index (κ2) is 7.62. The maximum atomic E-state index is 15.1. The number of aromatic nitrogens is 2. The number of nitrogens with zero attached hydrogens (tertiary/aromatic N) is 4. The summed E-state index contributed by atoms with van der Waals surface area (Å²) in [5, 5.41) is 0.440. The van der Waals surface area contributed by atoms with Gasteiger partial charge in [0.2, 0.25) is 0 Å². The molecule has 1 aromatic carbocycles. The zero-order chi connectivity index (χ0) is 22.9. The standard InChI is InChI=1S/C26H32F2N4O/c1-15-10-16(2)20-11-17(3)21-18(27)12-19(28)23-22(21)24(32(20)13-15)30-25(29-23)33-14-26-6-4-8-31(26)9-5-7-26/h12,15-16,20H,3-11,13-14H2,1-2H3. The van der Waals surface area contributed by atoms with Gasteiger partial charge in [0.25, 0.3) is 0 Å². The average Bonchev–Trinajstić information content (AvgIpc) is 3.31. The van der Waals surface area contributed by atoms with Crippen molar-refractivity contribution in [3.63, 3.8) is 0 Å². The van der Waals surface area contributed by atoms with Gasteiger partial charge in [-0.25, -0.2) is 8.78 Å². The van der Waals surface area contributed by atoms with E-state index in [2.05, 4.69) is 35.2 Å². The molecule has 7 heteroatoms. The molecule has 2 aromatic rings. The second-order valence-electron chi connectivity index (χ2n) is 10.8. The van der Waals surface area contributed by atoms with Crippen LogP contribution in [0.3, 0.4) is 0 Å². The molecule has 3 fully saturated rings. The first-order valence-corrected chi connectivity index (χ1v) is 12.4. The molecule has 0 bridgehead atoms. The average molecular weight is 455 g/mol. The third-order valence-corrected chi connectivity index (χ3v) is 8.54. The van der Waals surface area contributed by atoms with Gasteiger partial charge in [-0.15, -0.1) is 0 Å². The van der Waals surface area contributed by atoms with Gasteiger partial charge in [-0.05, 0) is 69.0 Å². The van der Waals surface area contributed by atoms with Crippen LogP contribution in [0.1, 0.15) is 57.9 Å². The molecule has 0 N–H and O–H groups in total. The van der Waals surface area contributed by atoms with E-state index in [1.165, 1.54) is 12.8 Å². The number of halogens is 2. The summed E-state index contributed by atoms with van der Waals surface area (Å²) in [6, 6.07) is 1.28. The van der Waals surface area contributed by atoms with Crippen LogP contribution < -0.4 is 9.64 Å². The minimum Gasteiger partial charge on any atom is -0.461 e. The highest BCUT2D eigenvalue weighted by molar-refractivity contribution is 6.01. The molecule has 0 radical (unpaired) electrons. The van der Waals surface area contributed by atoms with Gasteiger partial charge in [-0.1, -0.05) is 20.4 Å². The molecule has 1 aromatic heterocycles. The quantitative estimate of drug-likeness (QED) is 0.639. The molecule has 0 saturated carbocycles. The van der Waals surface area contributed by atoms with Crippen LogP contribution in [0.4, 0.5) is 14.6 Å². The number of hydrogen-bond donors (Lipinski definition) is 0. The SMILES string of the molecule is C=C1CC2C(C)CC(C)CN2c2nc(OCC34CCCN3CCC4)nc3c(F)cc(F)c1c23. The minimum atomic E-state index is -0.675. The van der Waals surface area contributed by atoms with Crippen LogP contribution in [0.15, 0.2) is 12.6 Å². The zero-order valence-corrected chi connectivity index (χ0v) is 19.5. The molecule has 0 aliphatic carbocycles. The van der Waals surface area contributed by atoms with Crippen molar-refractivity contribution in [2.75, 3.05) is 31.1 Å². The highest BCUT2D eigenvalue weighted by Crippen LogP contribution is 2.45. The third-order valence-electron chi connectivity index (χ3n) is 8.54. The fourth-order valence-electron chi connectivity index (χ4n) is 7.04. The van der Waals surface area contributed by atoms with Crippen molar-refractivity contribution >= 4 is 22.3 Å². The summed E-state index contributed by atoms with van der Waals surface area (Å²) < 4.78 is 36.4. The number of benzene rings is 1. The molecule has 33 heavy (non-hydrogen) atoms. The van der Waals surface area contributed by atoms with Crippen LogP contribution in [0.5, 0.6) is 6.01 Å². The zero-order valence-electron chi connectivity index (χ0n) is 19.5.